The monoisotopic (exact) mass is 245 g/mol. The summed E-state index contributed by atoms with van der Waals surface area (Å²) in [5.41, 5.74) is 3.36. The first kappa shape index (κ1) is 12.1. The number of ether oxygens (including phenoxy) is 1. The number of benzene rings is 1. The number of nitrogens with one attached hydrogen (secondary N) is 2. The van der Waals surface area contributed by atoms with E-state index in [1.54, 1.807) is 6.07 Å². The predicted octanol–water partition coefficient (Wildman–Crippen LogP) is 1.90. The minimum absolute atomic E-state index is 0.550. The van der Waals surface area contributed by atoms with Gasteiger partial charge in [-0.25, -0.2) is 15.8 Å². The van der Waals surface area contributed by atoms with E-state index in [9.17, 15) is 0 Å². The van der Waals surface area contributed by atoms with Crippen LogP contribution in [-0.4, -0.2) is 16.6 Å². The van der Waals surface area contributed by atoms with Gasteiger partial charge >= 0.3 is 0 Å². The van der Waals surface area contributed by atoms with E-state index in [1.807, 2.05) is 31.2 Å². The Hall–Kier alpha value is -2.34. The second-order valence-corrected chi connectivity index (χ2v) is 3.52. The van der Waals surface area contributed by atoms with Crippen LogP contribution in [0.25, 0.3) is 0 Å². The van der Waals surface area contributed by atoms with Crippen LogP contribution in [0, 0.1) is 0 Å². The second-order valence-electron chi connectivity index (χ2n) is 3.52. The smallest absolute Gasteiger partial charge is 0.145 e. The first-order valence-electron chi connectivity index (χ1n) is 5.60. The molecule has 0 spiro atoms. The molecule has 0 amide bonds. The molecule has 0 saturated carbocycles. The van der Waals surface area contributed by atoms with Gasteiger partial charge in [0.15, 0.2) is 0 Å². The van der Waals surface area contributed by atoms with E-state index < -0.39 is 0 Å². The van der Waals surface area contributed by atoms with Crippen LogP contribution in [0.2, 0.25) is 0 Å². The van der Waals surface area contributed by atoms with E-state index in [1.165, 1.54) is 6.33 Å². The molecule has 0 atom stereocenters. The van der Waals surface area contributed by atoms with Crippen molar-refractivity contribution in [2.24, 2.45) is 5.84 Å². The van der Waals surface area contributed by atoms with Crippen molar-refractivity contribution in [1.82, 2.24) is 9.97 Å². The lowest BCUT2D eigenvalue weighted by molar-refractivity contribution is 0.340. The van der Waals surface area contributed by atoms with E-state index in [2.05, 4.69) is 20.7 Å². The van der Waals surface area contributed by atoms with E-state index in [-0.39, 0.29) is 0 Å². The third-order valence-electron chi connectivity index (χ3n) is 2.23. The maximum atomic E-state index is 5.42. The fourth-order valence-corrected chi connectivity index (χ4v) is 1.48. The number of hydrazine groups is 1. The molecule has 0 saturated heterocycles. The molecule has 0 aliphatic rings. The number of nitrogens with two attached hydrogens (primary N) is 1. The normalized spacial score (nSPS) is 9.89. The summed E-state index contributed by atoms with van der Waals surface area (Å²) in [5, 5.41) is 3.15. The van der Waals surface area contributed by atoms with Gasteiger partial charge in [0.25, 0.3) is 0 Å². The fourth-order valence-electron chi connectivity index (χ4n) is 1.48. The van der Waals surface area contributed by atoms with E-state index in [0.717, 1.165) is 11.4 Å². The molecule has 0 radical (unpaired) electrons. The highest BCUT2D eigenvalue weighted by molar-refractivity contribution is 5.60. The highest BCUT2D eigenvalue weighted by Crippen LogP contribution is 2.21. The van der Waals surface area contributed by atoms with Crippen molar-refractivity contribution in [3.05, 3.63) is 36.7 Å². The van der Waals surface area contributed by atoms with Gasteiger partial charge in [-0.1, -0.05) is 6.07 Å². The van der Waals surface area contributed by atoms with Gasteiger partial charge in [0.2, 0.25) is 0 Å². The molecule has 6 heteroatoms. The van der Waals surface area contributed by atoms with Crippen LogP contribution in [0.5, 0.6) is 5.75 Å². The minimum Gasteiger partial charge on any atom is -0.494 e. The zero-order chi connectivity index (χ0) is 12.8. The van der Waals surface area contributed by atoms with Crippen molar-refractivity contribution in [1.29, 1.82) is 0 Å². The molecule has 0 unspecified atom stereocenters. The van der Waals surface area contributed by atoms with Gasteiger partial charge in [-0.3, -0.25) is 0 Å². The maximum absolute atomic E-state index is 5.42. The van der Waals surface area contributed by atoms with Crippen LogP contribution >= 0.6 is 0 Å². The van der Waals surface area contributed by atoms with Gasteiger partial charge in [0.1, 0.15) is 23.7 Å². The third kappa shape index (κ3) is 3.08. The molecule has 1 aromatic heterocycles. The molecule has 0 bridgehead atoms. The Morgan fingerprint density at radius 1 is 1.22 bits per heavy atom. The molecule has 0 aliphatic heterocycles. The van der Waals surface area contributed by atoms with E-state index >= 15 is 0 Å². The van der Waals surface area contributed by atoms with Crippen molar-refractivity contribution in [3.63, 3.8) is 0 Å². The zero-order valence-corrected chi connectivity index (χ0v) is 10.1. The lowest BCUT2D eigenvalue weighted by atomic mass is 10.3. The Labute approximate surface area is 105 Å². The molecular formula is C12H15N5O. The average Bonchev–Trinajstić information content (AvgIpc) is 2.40. The first-order chi connectivity index (χ1) is 8.81. The highest BCUT2D eigenvalue weighted by Gasteiger charge is 2.00. The number of aromatic nitrogens is 2. The summed E-state index contributed by atoms with van der Waals surface area (Å²) in [4.78, 5) is 8.03. The van der Waals surface area contributed by atoms with Crippen molar-refractivity contribution >= 4 is 17.3 Å². The Balaban J connectivity index is 2.14. The molecule has 2 aromatic rings. The lowest BCUT2D eigenvalue weighted by Crippen LogP contribution is -2.09. The SMILES string of the molecule is CCOc1cccc(Nc2cc(NN)ncn2)c1. The third-order valence-corrected chi connectivity index (χ3v) is 2.23. The second kappa shape index (κ2) is 5.83. The van der Waals surface area contributed by atoms with Crippen LogP contribution in [0.1, 0.15) is 6.92 Å². The van der Waals surface area contributed by atoms with Crippen molar-refractivity contribution in [2.45, 2.75) is 6.92 Å². The van der Waals surface area contributed by atoms with E-state index in [4.69, 9.17) is 10.6 Å². The number of hydrogen-bond donors (Lipinski definition) is 3. The van der Waals surface area contributed by atoms with Crippen LogP contribution in [0.4, 0.5) is 17.3 Å². The fraction of sp³-hybridized carbons (Fsp3) is 0.167. The first-order valence-corrected chi connectivity index (χ1v) is 5.60. The van der Waals surface area contributed by atoms with Gasteiger partial charge in [-0.2, -0.15) is 0 Å². The van der Waals surface area contributed by atoms with E-state index in [0.29, 0.717) is 18.2 Å². The number of anilines is 3. The zero-order valence-electron chi connectivity index (χ0n) is 10.1. The number of nitrogens with zero attached hydrogens (tertiary/aromatic N) is 2. The maximum Gasteiger partial charge on any atom is 0.145 e. The summed E-state index contributed by atoms with van der Waals surface area (Å²) < 4.78 is 5.42. The molecule has 6 nitrogen and oxygen atoms in total. The number of rotatable bonds is 5. The topological polar surface area (TPSA) is 85.1 Å². The number of nitrogen functional groups attached to an aromatic ring is 1. The quantitative estimate of drug-likeness (QED) is 0.551. The molecule has 1 heterocycles. The largest absolute Gasteiger partial charge is 0.494 e. The Kier molecular flexibility index (Phi) is 3.93. The summed E-state index contributed by atoms with van der Waals surface area (Å²) in [7, 11) is 0. The van der Waals surface area contributed by atoms with Gasteiger partial charge in [-0.15, -0.1) is 0 Å². The van der Waals surface area contributed by atoms with Crippen molar-refractivity contribution in [2.75, 3.05) is 17.3 Å². The van der Waals surface area contributed by atoms with Crippen LogP contribution < -0.4 is 21.3 Å². The molecule has 0 fully saturated rings. The number of hydrogen-bond acceptors (Lipinski definition) is 6. The summed E-state index contributed by atoms with van der Waals surface area (Å²) in [6, 6.07) is 9.37. The lowest BCUT2D eigenvalue weighted by Gasteiger charge is -2.08. The molecule has 0 aliphatic carbocycles. The van der Waals surface area contributed by atoms with Crippen molar-refractivity contribution in [3.8, 4) is 5.75 Å². The van der Waals surface area contributed by atoms with Crippen LogP contribution in [-0.2, 0) is 0 Å². The van der Waals surface area contributed by atoms with Gasteiger partial charge in [-0.05, 0) is 19.1 Å². The van der Waals surface area contributed by atoms with Crippen molar-refractivity contribution < 1.29 is 4.74 Å². The Bertz CT molecular complexity index is 517. The standard InChI is InChI=1S/C12H15N5O/c1-2-18-10-5-3-4-9(6-10)16-11-7-12(17-13)15-8-14-11/h3-8H,2,13H2,1H3,(H2,14,15,16,17). The molecule has 2 rings (SSSR count). The molecular weight excluding hydrogens is 230 g/mol. The highest BCUT2D eigenvalue weighted by atomic mass is 16.5. The average molecular weight is 245 g/mol. The molecule has 18 heavy (non-hydrogen) atoms. The Morgan fingerprint density at radius 2 is 2.06 bits per heavy atom. The van der Waals surface area contributed by atoms with Crippen LogP contribution in [0.3, 0.4) is 0 Å². The minimum atomic E-state index is 0.550. The summed E-state index contributed by atoms with van der Waals surface area (Å²) in [6.45, 7) is 2.59. The summed E-state index contributed by atoms with van der Waals surface area (Å²) in [6.07, 6.45) is 1.43. The Morgan fingerprint density at radius 3 is 2.83 bits per heavy atom. The van der Waals surface area contributed by atoms with Gasteiger partial charge in [0, 0.05) is 17.8 Å². The summed E-state index contributed by atoms with van der Waals surface area (Å²) >= 11 is 0. The predicted molar refractivity (Wildman–Crippen MR) is 70.7 cm³/mol. The van der Waals surface area contributed by atoms with Gasteiger partial charge < -0.3 is 15.5 Å². The van der Waals surface area contributed by atoms with Crippen LogP contribution in [0.15, 0.2) is 36.7 Å². The van der Waals surface area contributed by atoms with Gasteiger partial charge in [0.05, 0.1) is 6.61 Å². The molecule has 1 aromatic carbocycles. The summed E-state index contributed by atoms with van der Waals surface area (Å²) in [5.74, 6) is 7.31. The molecule has 94 valence electrons. The molecule has 4 N–H and O–H groups in total.